The minimum atomic E-state index is -0.403. The van der Waals surface area contributed by atoms with Crippen molar-refractivity contribution in [2.24, 2.45) is 0 Å². The summed E-state index contributed by atoms with van der Waals surface area (Å²) in [6.07, 6.45) is 3.03. The zero-order valence-electron chi connectivity index (χ0n) is 17.1. The zero-order valence-corrected chi connectivity index (χ0v) is 18.6. The normalized spacial score (nSPS) is 12.5. The van der Waals surface area contributed by atoms with Crippen molar-refractivity contribution in [3.05, 3.63) is 52.0 Å². The van der Waals surface area contributed by atoms with Gasteiger partial charge < -0.3 is 24.4 Å². The van der Waals surface area contributed by atoms with Crippen molar-refractivity contribution < 1.29 is 23.8 Å². The van der Waals surface area contributed by atoms with Crippen LogP contribution < -0.4 is 19.5 Å². The number of hydrogen-bond donors (Lipinski definition) is 1. The van der Waals surface area contributed by atoms with Gasteiger partial charge in [0.25, 0.3) is 0 Å². The number of methoxy groups -OCH3 is 1. The molecule has 2 aromatic carbocycles. The Hall–Kier alpha value is -2.90. The highest BCUT2D eigenvalue weighted by molar-refractivity contribution is 6.39. The number of hydrogen-bond acceptors (Lipinski definition) is 5. The lowest BCUT2D eigenvalue weighted by atomic mass is 10.1. The predicted molar refractivity (Wildman–Crippen MR) is 120 cm³/mol. The molecule has 164 valence electrons. The first-order valence-corrected chi connectivity index (χ1v) is 10.4. The van der Waals surface area contributed by atoms with Gasteiger partial charge in [0.2, 0.25) is 17.6 Å². The number of nitrogens with one attached hydrogen (secondary N) is 1. The van der Waals surface area contributed by atoms with Gasteiger partial charge in [-0.25, -0.2) is 0 Å². The topological polar surface area (TPSA) is 77.1 Å². The molecule has 1 aliphatic rings. The van der Waals surface area contributed by atoms with Crippen LogP contribution in [0.15, 0.2) is 36.4 Å². The average molecular weight is 465 g/mol. The van der Waals surface area contributed by atoms with E-state index in [1.807, 2.05) is 0 Å². The van der Waals surface area contributed by atoms with Crippen LogP contribution in [0.3, 0.4) is 0 Å². The third-order valence-corrected chi connectivity index (χ3v) is 5.15. The quantitative estimate of drug-likeness (QED) is 0.618. The number of anilines is 1. The molecule has 0 bridgehead atoms. The highest BCUT2D eigenvalue weighted by Crippen LogP contribution is 2.40. The molecule has 0 aliphatic carbocycles. The van der Waals surface area contributed by atoms with Crippen LogP contribution in [0.2, 0.25) is 10.0 Å². The van der Waals surface area contributed by atoms with Gasteiger partial charge in [0.15, 0.2) is 11.5 Å². The van der Waals surface area contributed by atoms with Crippen molar-refractivity contribution in [2.45, 2.75) is 6.92 Å². The van der Waals surface area contributed by atoms with Crippen LogP contribution in [0.25, 0.3) is 6.08 Å². The Kier molecular flexibility index (Phi) is 7.65. The molecule has 0 fully saturated rings. The smallest absolute Gasteiger partial charge is 0.247 e. The summed E-state index contributed by atoms with van der Waals surface area (Å²) in [6, 6.07) is 8.44. The molecule has 31 heavy (non-hydrogen) atoms. The third-order valence-electron chi connectivity index (χ3n) is 4.52. The number of likely N-dealkylation sites (N-methyl/N-ethyl adjacent to an activating group) is 1. The second-order valence-electron chi connectivity index (χ2n) is 6.58. The number of fused-ring (bicyclic) bond motifs is 1. The first kappa shape index (κ1) is 22.8. The maximum absolute atomic E-state index is 12.6. The van der Waals surface area contributed by atoms with Gasteiger partial charge in [0.1, 0.15) is 19.8 Å². The molecule has 0 unspecified atom stereocenters. The second-order valence-corrected chi connectivity index (χ2v) is 7.39. The Morgan fingerprint density at radius 3 is 2.58 bits per heavy atom. The maximum atomic E-state index is 12.6. The van der Waals surface area contributed by atoms with Gasteiger partial charge in [-0.1, -0.05) is 29.3 Å². The van der Waals surface area contributed by atoms with E-state index in [4.69, 9.17) is 37.4 Å². The minimum Gasteiger partial charge on any atom is -0.493 e. The van der Waals surface area contributed by atoms with Crippen LogP contribution in [0.4, 0.5) is 5.69 Å². The summed E-state index contributed by atoms with van der Waals surface area (Å²) in [5.41, 5.74) is 1.02. The number of halogens is 2. The number of carbonyl (C=O) groups excluding carboxylic acids is 2. The molecule has 2 amide bonds. The van der Waals surface area contributed by atoms with Gasteiger partial charge in [0, 0.05) is 12.6 Å². The molecular weight excluding hydrogens is 443 g/mol. The van der Waals surface area contributed by atoms with Crippen LogP contribution in [-0.4, -0.2) is 50.1 Å². The summed E-state index contributed by atoms with van der Waals surface area (Å²) in [7, 11) is 1.54. The summed E-state index contributed by atoms with van der Waals surface area (Å²) in [5.74, 6) is 0.896. The van der Waals surface area contributed by atoms with Crippen LogP contribution >= 0.6 is 23.2 Å². The van der Waals surface area contributed by atoms with E-state index in [1.165, 1.54) is 18.1 Å². The fourth-order valence-corrected chi connectivity index (χ4v) is 3.47. The lowest BCUT2D eigenvalue weighted by Crippen LogP contribution is -2.37. The Labute approximate surface area is 190 Å². The lowest BCUT2D eigenvalue weighted by Gasteiger charge is -2.21. The van der Waals surface area contributed by atoms with Crippen LogP contribution in [0.1, 0.15) is 12.5 Å². The lowest BCUT2D eigenvalue weighted by molar-refractivity contribution is -0.130. The van der Waals surface area contributed by atoms with E-state index in [1.54, 1.807) is 43.3 Å². The van der Waals surface area contributed by atoms with Crippen LogP contribution in [-0.2, 0) is 9.59 Å². The summed E-state index contributed by atoms with van der Waals surface area (Å²) in [5, 5.41) is 3.30. The molecule has 9 heteroatoms. The van der Waals surface area contributed by atoms with E-state index in [0.29, 0.717) is 58.3 Å². The highest BCUT2D eigenvalue weighted by atomic mass is 35.5. The van der Waals surface area contributed by atoms with Crippen molar-refractivity contribution in [1.82, 2.24) is 4.90 Å². The van der Waals surface area contributed by atoms with E-state index in [-0.39, 0.29) is 12.5 Å². The van der Waals surface area contributed by atoms with E-state index in [0.717, 1.165) is 0 Å². The van der Waals surface area contributed by atoms with Crippen molar-refractivity contribution in [3.63, 3.8) is 0 Å². The van der Waals surface area contributed by atoms with Crippen molar-refractivity contribution in [2.75, 3.05) is 38.7 Å². The van der Waals surface area contributed by atoms with Gasteiger partial charge in [-0.05, 0) is 42.8 Å². The number of para-hydroxylation sites is 1. The predicted octanol–water partition coefficient (Wildman–Crippen LogP) is 4.27. The number of carbonyl (C=O) groups is 2. The molecule has 0 saturated carbocycles. The summed E-state index contributed by atoms with van der Waals surface area (Å²) < 4.78 is 16.5. The third kappa shape index (κ3) is 5.62. The van der Waals surface area contributed by atoms with E-state index in [9.17, 15) is 9.59 Å². The maximum Gasteiger partial charge on any atom is 0.247 e. The molecule has 0 spiro atoms. The van der Waals surface area contributed by atoms with Crippen molar-refractivity contribution >= 4 is 46.8 Å². The molecule has 1 heterocycles. The van der Waals surface area contributed by atoms with Gasteiger partial charge >= 0.3 is 0 Å². The fraction of sp³-hybridized carbons (Fsp3) is 0.273. The molecule has 7 nitrogen and oxygen atoms in total. The number of nitrogens with zero attached hydrogens (tertiary/aromatic N) is 1. The second kappa shape index (κ2) is 10.4. The molecular formula is C22H22Cl2N2O5. The molecule has 0 atom stereocenters. The number of amides is 2. The van der Waals surface area contributed by atoms with E-state index in [2.05, 4.69) is 5.32 Å². The highest BCUT2D eigenvalue weighted by Gasteiger charge is 2.19. The molecule has 1 aliphatic heterocycles. The Bertz CT molecular complexity index is 972. The van der Waals surface area contributed by atoms with Gasteiger partial charge in [-0.2, -0.15) is 0 Å². The first-order valence-electron chi connectivity index (χ1n) is 9.61. The van der Waals surface area contributed by atoms with E-state index < -0.39 is 5.91 Å². The largest absolute Gasteiger partial charge is 0.493 e. The number of ether oxygens (including phenoxy) is 3. The Morgan fingerprint density at radius 2 is 1.90 bits per heavy atom. The molecule has 0 radical (unpaired) electrons. The zero-order chi connectivity index (χ0) is 22.4. The monoisotopic (exact) mass is 464 g/mol. The molecule has 1 N–H and O–H groups in total. The molecule has 3 rings (SSSR count). The summed E-state index contributed by atoms with van der Waals surface area (Å²) in [6.45, 7) is 2.87. The summed E-state index contributed by atoms with van der Waals surface area (Å²) in [4.78, 5) is 26.4. The number of rotatable bonds is 7. The Morgan fingerprint density at radius 1 is 1.19 bits per heavy atom. The van der Waals surface area contributed by atoms with Gasteiger partial charge in [0.05, 0.1) is 22.8 Å². The molecule has 0 saturated heterocycles. The number of benzene rings is 2. The standard InChI is InChI=1S/C22H22Cl2N2O5/c1-3-26(13-19(27)25-21-15(23)5-4-6-16(21)24)20(28)8-7-14-11-17(29-2)22-18(12-14)30-9-10-31-22/h4-8,11-12H,3,9-10,13H2,1-2H3,(H,25,27)/b8-7+. The fourth-order valence-electron chi connectivity index (χ4n) is 2.98. The van der Waals surface area contributed by atoms with Gasteiger partial charge in [-0.15, -0.1) is 0 Å². The van der Waals surface area contributed by atoms with Crippen LogP contribution in [0, 0.1) is 0 Å². The van der Waals surface area contributed by atoms with E-state index >= 15 is 0 Å². The first-order chi connectivity index (χ1) is 14.9. The van der Waals surface area contributed by atoms with Crippen LogP contribution in [0.5, 0.6) is 17.2 Å². The van der Waals surface area contributed by atoms with Gasteiger partial charge in [-0.3, -0.25) is 9.59 Å². The van der Waals surface area contributed by atoms with Crippen molar-refractivity contribution in [1.29, 1.82) is 0 Å². The van der Waals surface area contributed by atoms with Crippen molar-refractivity contribution in [3.8, 4) is 17.2 Å². The SMILES string of the molecule is CCN(CC(=O)Nc1c(Cl)cccc1Cl)C(=O)/C=C/c1cc(OC)c2c(c1)OCCO2. The summed E-state index contributed by atoms with van der Waals surface area (Å²) >= 11 is 12.2. The Balaban J connectivity index is 1.68. The minimum absolute atomic E-state index is 0.147. The molecule has 2 aromatic rings. The molecule has 0 aromatic heterocycles. The average Bonchev–Trinajstić information content (AvgIpc) is 2.77.